The molecule has 0 aliphatic heterocycles. The van der Waals surface area contributed by atoms with Crippen molar-refractivity contribution in [1.29, 1.82) is 0 Å². The molecule has 0 aliphatic carbocycles. The summed E-state index contributed by atoms with van der Waals surface area (Å²) in [5.74, 6) is -0.125. The van der Waals surface area contributed by atoms with Gasteiger partial charge in [0.05, 0.1) is 0 Å². The topological polar surface area (TPSA) is 46.5 Å². The van der Waals surface area contributed by atoms with E-state index in [0.29, 0.717) is 5.75 Å². The van der Waals surface area contributed by atoms with Crippen molar-refractivity contribution in [2.24, 2.45) is 16.2 Å². The lowest BCUT2D eigenvalue weighted by molar-refractivity contribution is -0.171. The highest BCUT2D eigenvalue weighted by atomic mass is 16.5. The van der Waals surface area contributed by atoms with Gasteiger partial charge in [0.2, 0.25) is 0 Å². The van der Waals surface area contributed by atoms with Crippen molar-refractivity contribution in [3.63, 3.8) is 0 Å². The predicted octanol–water partition coefficient (Wildman–Crippen LogP) is 4.62. The molecule has 0 radical (unpaired) electrons. The summed E-state index contributed by atoms with van der Waals surface area (Å²) in [6.07, 6.45) is -0.454. The van der Waals surface area contributed by atoms with E-state index < -0.39 is 22.9 Å². The molecular formula is C18H28O3. The average molecular weight is 292 g/mol. The first kappa shape index (κ1) is 17.5. The maximum Gasteiger partial charge on any atom is 0.313 e. The highest BCUT2D eigenvalue weighted by molar-refractivity contribution is 5.76. The fourth-order valence-corrected chi connectivity index (χ4v) is 2.62. The Balaban J connectivity index is 3.33. The monoisotopic (exact) mass is 292 g/mol. The van der Waals surface area contributed by atoms with Gasteiger partial charge in [-0.25, -0.2) is 0 Å². The number of ether oxygens (including phenoxy) is 1. The predicted molar refractivity (Wildman–Crippen MR) is 85.5 cm³/mol. The molecule has 1 aromatic rings. The molecule has 3 nitrogen and oxygen atoms in total. The summed E-state index contributed by atoms with van der Waals surface area (Å²) in [6, 6.07) is 9.43. The molecular weight excluding hydrogens is 264 g/mol. The van der Waals surface area contributed by atoms with Gasteiger partial charge in [0.1, 0.15) is 17.3 Å². The molecule has 0 amide bonds. The van der Waals surface area contributed by atoms with E-state index in [2.05, 4.69) is 0 Å². The minimum absolute atomic E-state index is 0.309. The van der Waals surface area contributed by atoms with Gasteiger partial charge in [-0.2, -0.15) is 0 Å². The summed E-state index contributed by atoms with van der Waals surface area (Å²) in [4.78, 5) is 12.1. The Labute approximate surface area is 128 Å². The zero-order chi connectivity index (χ0) is 16.5. The van der Waals surface area contributed by atoms with Crippen molar-refractivity contribution in [3.8, 4) is 5.75 Å². The van der Waals surface area contributed by atoms with E-state index in [1.807, 2.05) is 71.9 Å². The van der Waals surface area contributed by atoms with E-state index in [-0.39, 0.29) is 5.41 Å². The third kappa shape index (κ3) is 3.58. The Bertz CT molecular complexity index is 479. The summed E-state index contributed by atoms with van der Waals surface area (Å²) >= 11 is 0. The van der Waals surface area contributed by atoms with Crippen LogP contribution in [-0.4, -0.2) is 17.2 Å². The van der Waals surface area contributed by atoms with Gasteiger partial charge in [0, 0.05) is 5.41 Å². The van der Waals surface area contributed by atoms with Gasteiger partial charge in [-0.1, -0.05) is 59.7 Å². The van der Waals surface area contributed by atoms with E-state index in [1.54, 1.807) is 6.92 Å². The molecule has 1 rings (SSSR count). The van der Waals surface area contributed by atoms with Gasteiger partial charge >= 0.3 is 5.97 Å². The van der Waals surface area contributed by atoms with Gasteiger partial charge in [-0.3, -0.25) is 4.79 Å². The quantitative estimate of drug-likeness (QED) is 0.881. The molecule has 0 saturated heterocycles. The number of aliphatic carboxylic acids is 1. The smallest absolute Gasteiger partial charge is 0.313 e. The van der Waals surface area contributed by atoms with Crippen molar-refractivity contribution in [3.05, 3.63) is 30.3 Å². The lowest BCUT2D eigenvalue weighted by Gasteiger charge is -2.48. The number of hydrogen-bond acceptors (Lipinski definition) is 2. The molecule has 1 N–H and O–H groups in total. The standard InChI is InChI=1S/C18H28O3/c1-16(2,3)14(21-13-11-9-8-10-12-13)18(7,15(19)20)17(4,5)6/h8-12,14H,1-7H3,(H,19,20). The highest BCUT2D eigenvalue weighted by Crippen LogP contribution is 2.48. The number of hydrogen-bond donors (Lipinski definition) is 1. The third-order valence-electron chi connectivity index (χ3n) is 4.31. The Morgan fingerprint density at radius 2 is 1.48 bits per heavy atom. The SMILES string of the molecule is CC(C)(C)C(Oc1ccccc1)C(C)(C(=O)O)C(C)(C)C. The van der Waals surface area contributed by atoms with Crippen molar-refractivity contribution >= 4 is 5.97 Å². The second-order valence-corrected chi connectivity index (χ2v) is 7.93. The highest BCUT2D eigenvalue weighted by Gasteiger charge is 2.55. The normalized spacial score (nSPS) is 16.9. The van der Waals surface area contributed by atoms with Crippen molar-refractivity contribution < 1.29 is 14.6 Å². The summed E-state index contributed by atoms with van der Waals surface area (Å²) in [7, 11) is 0. The molecule has 0 fully saturated rings. The van der Waals surface area contributed by atoms with Crippen LogP contribution in [0.1, 0.15) is 48.5 Å². The Kier molecular flexibility index (Phi) is 4.76. The Hall–Kier alpha value is -1.51. The number of rotatable bonds is 4. The molecule has 0 aromatic heterocycles. The molecule has 0 saturated carbocycles. The van der Waals surface area contributed by atoms with Crippen LogP contribution in [-0.2, 0) is 4.79 Å². The molecule has 3 heteroatoms. The van der Waals surface area contributed by atoms with Crippen LogP contribution in [0.2, 0.25) is 0 Å². The van der Waals surface area contributed by atoms with Crippen LogP contribution < -0.4 is 4.74 Å². The summed E-state index contributed by atoms with van der Waals surface area (Å²) in [5, 5.41) is 9.90. The first-order valence-corrected chi connectivity index (χ1v) is 7.36. The van der Waals surface area contributed by atoms with E-state index in [4.69, 9.17) is 4.74 Å². The molecule has 118 valence electrons. The molecule has 0 heterocycles. The van der Waals surface area contributed by atoms with Crippen LogP contribution in [0.5, 0.6) is 5.75 Å². The molecule has 21 heavy (non-hydrogen) atoms. The molecule has 0 bridgehead atoms. The molecule has 1 aromatic carbocycles. The maximum absolute atomic E-state index is 12.1. The fraction of sp³-hybridized carbons (Fsp3) is 0.611. The van der Waals surface area contributed by atoms with Crippen molar-refractivity contribution in [1.82, 2.24) is 0 Å². The number of carboxylic acids is 1. The lowest BCUT2D eigenvalue weighted by Crippen LogP contribution is -2.56. The number of carboxylic acid groups (broad SMARTS) is 1. The lowest BCUT2D eigenvalue weighted by atomic mass is 9.59. The first-order chi connectivity index (χ1) is 9.40. The summed E-state index contributed by atoms with van der Waals surface area (Å²) < 4.78 is 6.15. The largest absolute Gasteiger partial charge is 0.489 e. The van der Waals surface area contributed by atoms with E-state index >= 15 is 0 Å². The van der Waals surface area contributed by atoms with Crippen LogP contribution >= 0.6 is 0 Å². The molecule has 0 spiro atoms. The van der Waals surface area contributed by atoms with E-state index in [9.17, 15) is 9.90 Å². The summed E-state index contributed by atoms with van der Waals surface area (Å²) in [6.45, 7) is 13.7. The van der Waals surface area contributed by atoms with Gasteiger partial charge in [0.15, 0.2) is 0 Å². The number of carbonyl (C=O) groups is 1. The van der Waals surface area contributed by atoms with Crippen LogP contribution in [0.4, 0.5) is 0 Å². The van der Waals surface area contributed by atoms with Crippen LogP contribution in [0, 0.1) is 16.2 Å². The maximum atomic E-state index is 12.1. The van der Waals surface area contributed by atoms with Gasteiger partial charge in [-0.15, -0.1) is 0 Å². The molecule has 0 aliphatic rings. The van der Waals surface area contributed by atoms with Crippen LogP contribution in [0.15, 0.2) is 30.3 Å². The Morgan fingerprint density at radius 3 is 1.81 bits per heavy atom. The second kappa shape index (κ2) is 5.70. The fourth-order valence-electron chi connectivity index (χ4n) is 2.62. The van der Waals surface area contributed by atoms with Gasteiger partial charge < -0.3 is 9.84 Å². The zero-order valence-electron chi connectivity index (χ0n) is 14.2. The molecule has 2 atom stereocenters. The van der Waals surface area contributed by atoms with Gasteiger partial charge in [-0.05, 0) is 24.5 Å². The van der Waals surface area contributed by atoms with Gasteiger partial charge in [0.25, 0.3) is 0 Å². The van der Waals surface area contributed by atoms with E-state index in [1.165, 1.54) is 0 Å². The molecule has 2 unspecified atom stereocenters. The second-order valence-electron chi connectivity index (χ2n) is 7.93. The minimum atomic E-state index is -1.01. The van der Waals surface area contributed by atoms with Crippen molar-refractivity contribution in [2.45, 2.75) is 54.6 Å². The third-order valence-corrected chi connectivity index (χ3v) is 4.31. The van der Waals surface area contributed by atoms with E-state index in [0.717, 1.165) is 0 Å². The van der Waals surface area contributed by atoms with Crippen LogP contribution in [0.3, 0.4) is 0 Å². The summed E-state index contributed by atoms with van der Waals surface area (Å²) in [5.41, 5.74) is -1.76. The first-order valence-electron chi connectivity index (χ1n) is 7.36. The zero-order valence-corrected chi connectivity index (χ0v) is 14.2. The average Bonchev–Trinajstić information content (AvgIpc) is 2.33. The number of para-hydroxylation sites is 1. The number of benzene rings is 1. The van der Waals surface area contributed by atoms with Crippen molar-refractivity contribution in [2.75, 3.05) is 0 Å². The minimum Gasteiger partial charge on any atom is -0.489 e. The van der Waals surface area contributed by atoms with Crippen LogP contribution in [0.25, 0.3) is 0 Å². The Morgan fingerprint density at radius 1 is 1.00 bits per heavy atom.